The highest BCUT2D eigenvalue weighted by Gasteiger charge is 2.26. The Labute approximate surface area is 116 Å². The van der Waals surface area contributed by atoms with Gasteiger partial charge in [-0.15, -0.1) is 0 Å². The van der Waals surface area contributed by atoms with E-state index in [1.807, 2.05) is 0 Å². The van der Waals surface area contributed by atoms with E-state index >= 15 is 0 Å². The molecule has 1 aromatic rings. The Balaban J connectivity index is 2.31. The van der Waals surface area contributed by atoms with E-state index in [0.29, 0.717) is 23.9 Å². The van der Waals surface area contributed by atoms with Crippen LogP contribution in [0.2, 0.25) is 0 Å². The van der Waals surface area contributed by atoms with Gasteiger partial charge < -0.3 is 19.3 Å². The number of piperazine rings is 1. The SMILES string of the molecule is C=c1cc/c(=C(/CC(=O)O)C(=O)N2CC[NH+](C)CC2)o1. The first-order valence-corrected chi connectivity index (χ1v) is 6.57. The normalized spacial score (nSPS) is 17.9. The fourth-order valence-corrected chi connectivity index (χ4v) is 2.24. The van der Waals surface area contributed by atoms with Crippen LogP contribution in [0.3, 0.4) is 0 Å². The van der Waals surface area contributed by atoms with Crippen molar-refractivity contribution in [2.75, 3.05) is 33.2 Å². The molecule has 6 nitrogen and oxygen atoms in total. The van der Waals surface area contributed by atoms with E-state index in [-0.39, 0.29) is 17.9 Å². The lowest BCUT2D eigenvalue weighted by Gasteiger charge is -2.30. The number of furan rings is 1. The number of carboxylic acids is 1. The summed E-state index contributed by atoms with van der Waals surface area (Å²) in [6, 6.07) is 3.22. The monoisotopic (exact) mass is 279 g/mol. The summed E-state index contributed by atoms with van der Waals surface area (Å²) >= 11 is 0. The van der Waals surface area contributed by atoms with Gasteiger partial charge in [0.15, 0.2) is 0 Å². The van der Waals surface area contributed by atoms with E-state index in [2.05, 4.69) is 13.6 Å². The number of hydrogen-bond acceptors (Lipinski definition) is 3. The minimum Gasteiger partial charge on any atom is -0.481 e. The first-order valence-electron chi connectivity index (χ1n) is 6.57. The van der Waals surface area contributed by atoms with Gasteiger partial charge in [-0.1, -0.05) is 6.58 Å². The molecule has 0 atom stereocenters. The predicted molar refractivity (Wildman–Crippen MR) is 72.3 cm³/mol. The Hall–Kier alpha value is -2.08. The van der Waals surface area contributed by atoms with Gasteiger partial charge >= 0.3 is 5.97 Å². The second kappa shape index (κ2) is 5.92. The van der Waals surface area contributed by atoms with Crippen LogP contribution >= 0.6 is 0 Å². The maximum absolute atomic E-state index is 12.5. The number of quaternary nitrogens is 1. The number of carboxylic acid groups (broad SMARTS) is 1. The van der Waals surface area contributed by atoms with Crippen LogP contribution < -0.4 is 15.7 Å². The number of carbonyl (C=O) groups is 2. The third-order valence-electron chi connectivity index (χ3n) is 3.45. The number of nitrogens with one attached hydrogen (secondary N) is 1. The van der Waals surface area contributed by atoms with Crippen molar-refractivity contribution in [3.8, 4) is 0 Å². The molecule has 6 heteroatoms. The van der Waals surface area contributed by atoms with E-state index in [1.165, 1.54) is 4.90 Å². The van der Waals surface area contributed by atoms with Crippen LogP contribution in [0, 0.1) is 0 Å². The van der Waals surface area contributed by atoms with Crippen LogP contribution in [0.25, 0.3) is 12.2 Å². The molecule has 2 rings (SSSR count). The molecule has 1 aliphatic heterocycles. The zero-order valence-corrected chi connectivity index (χ0v) is 11.5. The Morgan fingerprint density at radius 1 is 1.40 bits per heavy atom. The Kier molecular flexibility index (Phi) is 4.24. The summed E-state index contributed by atoms with van der Waals surface area (Å²) in [4.78, 5) is 26.5. The number of hydrogen-bond donors (Lipinski definition) is 2. The molecule has 0 spiro atoms. The Morgan fingerprint density at radius 2 is 2.05 bits per heavy atom. The van der Waals surface area contributed by atoms with Crippen molar-refractivity contribution in [3.63, 3.8) is 0 Å². The van der Waals surface area contributed by atoms with E-state index in [0.717, 1.165) is 13.1 Å². The predicted octanol–water partition coefficient (Wildman–Crippen LogP) is -2.33. The molecule has 20 heavy (non-hydrogen) atoms. The summed E-state index contributed by atoms with van der Waals surface area (Å²) in [6.45, 7) is 6.62. The molecule has 1 fully saturated rings. The van der Waals surface area contributed by atoms with Gasteiger partial charge in [-0.05, 0) is 12.1 Å². The van der Waals surface area contributed by atoms with Crippen molar-refractivity contribution in [2.24, 2.45) is 0 Å². The maximum Gasteiger partial charge on any atom is 0.308 e. The van der Waals surface area contributed by atoms with Crippen molar-refractivity contribution in [1.82, 2.24) is 4.90 Å². The topological polar surface area (TPSA) is 75.2 Å². The van der Waals surface area contributed by atoms with Crippen LogP contribution in [0.1, 0.15) is 6.42 Å². The van der Waals surface area contributed by atoms with Gasteiger partial charge in [0.25, 0.3) is 5.91 Å². The van der Waals surface area contributed by atoms with Crippen molar-refractivity contribution in [2.45, 2.75) is 6.42 Å². The van der Waals surface area contributed by atoms with E-state index in [1.54, 1.807) is 17.0 Å². The first-order chi connectivity index (χ1) is 9.47. The smallest absolute Gasteiger partial charge is 0.308 e. The van der Waals surface area contributed by atoms with Gasteiger partial charge in [-0.3, -0.25) is 9.59 Å². The number of carbonyl (C=O) groups excluding carboxylic acids is 1. The molecule has 0 saturated carbocycles. The molecule has 2 N–H and O–H groups in total. The molecule has 0 bridgehead atoms. The van der Waals surface area contributed by atoms with Crippen molar-refractivity contribution < 1.29 is 24.0 Å². The van der Waals surface area contributed by atoms with E-state index in [9.17, 15) is 9.59 Å². The highest BCUT2D eigenvalue weighted by atomic mass is 16.4. The molecule has 0 radical (unpaired) electrons. The summed E-state index contributed by atoms with van der Waals surface area (Å²) in [7, 11) is 2.07. The van der Waals surface area contributed by atoms with E-state index in [4.69, 9.17) is 9.52 Å². The fraction of sp³-hybridized carbons (Fsp3) is 0.429. The van der Waals surface area contributed by atoms with Crippen LogP contribution in [-0.4, -0.2) is 55.1 Å². The van der Waals surface area contributed by atoms with Crippen LogP contribution in [-0.2, 0) is 9.59 Å². The molecule has 0 aliphatic carbocycles. The third kappa shape index (κ3) is 3.27. The van der Waals surface area contributed by atoms with Gasteiger partial charge in [0.05, 0.1) is 45.2 Å². The lowest BCUT2D eigenvalue weighted by atomic mass is 10.1. The summed E-state index contributed by atoms with van der Waals surface area (Å²) in [5.74, 6) is -1.30. The minimum atomic E-state index is -1.05. The van der Waals surface area contributed by atoms with Crippen molar-refractivity contribution >= 4 is 24.0 Å². The number of nitrogens with zero attached hydrogens (tertiary/aromatic N) is 1. The Bertz CT molecular complexity index is 611. The van der Waals surface area contributed by atoms with Gasteiger partial charge in [0.2, 0.25) is 0 Å². The first kappa shape index (κ1) is 14.3. The fourth-order valence-electron chi connectivity index (χ4n) is 2.24. The van der Waals surface area contributed by atoms with E-state index < -0.39 is 5.97 Å². The van der Waals surface area contributed by atoms with Crippen molar-refractivity contribution in [3.05, 3.63) is 23.0 Å². The summed E-state index contributed by atoms with van der Waals surface area (Å²) in [5, 5.41) is 8.99. The van der Waals surface area contributed by atoms with Crippen LogP contribution in [0.5, 0.6) is 0 Å². The minimum absolute atomic E-state index is 0.187. The Morgan fingerprint density at radius 3 is 2.55 bits per heavy atom. The zero-order chi connectivity index (χ0) is 14.7. The second-order valence-corrected chi connectivity index (χ2v) is 5.06. The summed E-state index contributed by atoms with van der Waals surface area (Å²) in [5.41, 5.74) is 0.902. The second-order valence-electron chi connectivity index (χ2n) is 5.06. The van der Waals surface area contributed by atoms with Crippen LogP contribution in [0.15, 0.2) is 16.5 Å². The molecular weight excluding hydrogens is 260 g/mol. The molecule has 0 aromatic carbocycles. The number of amides is 1. The molecule has 108 valence electrons. The van der Waals surface area contributed by atoms with Gasteiger partial charge in [0.1, 0.15) is 10.8 Å². The molecular formula is C14H19N2O4+. The largest absolute Gasteiger partial charge is 0.481 e. The lowest BCUT2D eigenvalue weighted by Crippen LogP contribution is -3.12. The lowest BCUT2D eigenvalue weighted by molar-refractivity contribution is -0.883. The quantitative estimate of drug-likeness (QED) is 0.651. The molecule has 1 aliphatic rings. The highest BCUT2D eigenvalue weighted by molar-refractivity contribution is 6.16. The average molecular weight is 279 g/mol. The standard InChI is InChI=1S/C14H18N2O4/c1-10-3-4-12(20-10)11(9-13(17)18)14(19)16-7-5-15(2)6-8-16/h3-4H,1,5-9H2,2H3,(H,17,18)/p+1/b12-11+. The zero-order valence-electron chi connectivity index (χ0n) is 11.5. The molecule has 1 aromatic heterocycles. The number of aliphatic carboxylic acids is 1. The van der Waals surface area contributed by atoms with Gasteiger partial charge in [-0.25, -0.2) is 0 Å². The van der Waals surface area contributed by atoms with Crippen molar-refractivity contribution in [1.29, 1.82) is 0 Å². The average Bonchev–Trinajstić information content (AvgIpc) is 2.82. The van der Waals surface area contributed by atoms with Gasteiger partial charge in [-0.2, -0.15) is 0 Å². The highest BCUT2D eigenvalue weighted by Crippen LogP contribution is 2.07. The molecule has 1 amide bonds. The number of likely N-dealkylation sites (N-methyl/N-ethyl adjacent to an activating group) is 1. The molecule has 0 unspecified atom stereocenters. The summed E-state index contributed by atoms with van der Waals surface area (Å²) in [6.07, 6.45) is -0.342. The maximum atomic E-state index is 12.5. The third-order valence-corrected chi connectivity index (χ3v) is 3.45. The number of rotatable bonds is 3. The van der Waals surface area contributed by atoms with Crippen LogP contribution in [0.4, 0.5) is 0 Å². The molecule has 2 heterocycles. The van der Waals surface area contributed by atoms with Gasteiger partial charge in [0, 0.05) is 0 Å². The molecule has 1 saturated heterocycles. The summed E-state index contributed by atoms with van der Waals surface area (Å²) < 4.78 is 5.32.